The first-order valence-electron chi connectivity index (χ1n) is 5.51. The van der Waals surface area contributed by atoms with Gasteiger partial charge in [-0.1, -0.05) is 11.8 Å². The molecule has 1 saturated carbocycles. The average molecular weight is 286 g/mol. The number of thiophene rings is 1. The molecule has 92 valence electrons. The van der Waals surface area contributed by atoms with E-state index >= 15 is 0 Å². The van der Waals surface area contributed by atoms with Crippen molar-refractivity contribution in [3.63, 3.8) is 0 Å². The number of thioether (sulfide) groups is 1. The fraction of sp³-hybridized carbons (Fsp3) is 0.455. The van der Waals surface area contributed by atoms with E-state index < -0.39 is 0 Å². The maximum Gasteiger partial charge on any atom is 0.261 e. The zero-order valence-electron chi connectivity index (χ0n) is 9.36. The minimum Gasteiger partial charge on any atom is -0.349 e. The largest absolute Gasteiger partial charge is 0.349 e. The fourth-order valence-corrected chi connectivity index (χ4v) is 4.42. The molecule has 0 saturated heterocycles. The molecule has 1 fully saturated rings. The second kappa shape index (κ2) is 4.59. The van der Waals surface area contributed by atoms with E-state index in [1.807, 2.05) is 12.3 Å². The molecule has 6 heteroatoms. The molecule has 0 unspecified atom stereocenters. The topological polar surface area (TPSA) is 42.0 Å². The van der Waals surface area contributed by atoms with E-state index in [1.165, 1.54) is 17.8 Å². The third kappa shape index (κ3) is 2.21. The van der Waals surface area contributed by atoms with Crippen LogP contribution < -0.4 is 5.32 Å². The summed E-state index contributed by atoms with van der Waals surface area (Å²) in [5.41, 5.74) is 0. The highest BCUT2D eigenvalue weighted by Crippen LogP contribution is 2.34. The number of aromatic nitrogens is 1. The van der Waals surface area contributed by atoms with E-state index in [4.69, 9.17) is 0 Å². The third-order valence-electron chi connectivity index (χ3n) is 2.91. The Labute approximate surface area is 113 Å². The molecule has 0 aliphatic heterocycles. The van der Waals surface area contributed by atoms with Gasteiger partial charge in [0.2, 0.25) is 0 Å². The zero-order chi connectivity index (χ0) is 11.8. The molecule has 2 aromatic heterocycles. The van der Waals surface area contributed by atoms with E-state index in [9.17, 15) is 4.79 Å². The smallest absolute Gasteiger partial charge is 0.261 e. The number of nitrogens with zero attached hydrogens (tertiary/aromatic N) is 1. The number of fused-ring (bicyclic) bond motifs is 1. The highest BCUT2D eigenvalue weighted by molar-refractivity contribution is 8.00. The van der Waals surface area contributed by atoms with E-state index in [-0.39, 0.29) is 7.33 Å². The molecule has 0 aromatic carbocycles. The van der Waals surface area contributed by atoms with Gasteiger partial charge in [0, 0.05) is 7.47 Å². The van der Waals surface area contributed by atoms with Crippen molar-refractivity contribution in [2.24, 2.45) is 0 Å². The van der Waals surface area contributed by atoms with E-state index in [0.717, 1.165) is 31.6 Å². The van der Waals surface area contributed by atoms with E-state index in [0.29, 0.717) is 6.04 Å². The van der Waals surface area contributed by atoms with Gasteiger partial charge in [0.25, 0.3) is 5.91 Å². The number of carbonyl (C=O) groups excluding carboxylic acids is 1. The molecule has 0 spiro atoms. The molecule has 3 rings (SSSR count). The molecule has 17 heavy (non-hydrogen) atoms. The Morgan fingerprint density at radius 2 is 2.41 bits per heavy atom. The molecular formula is C11H14N2OS3. The number of thiazole rings is 1. The van der Waals surface area contributed by atoms with Gasteiger partial charge in [0.15, 0.2) is 4.34 Å². The molecular weight excluding hydrogens is 272 g/mol. The minimum atomic E-state index is 0. The summed E-state index contributed by atoms with van der Waals surface area (Å²) >= 11 is 4.80. The molecule has 0 radical (unpaired) electrons. The van der Waals surface area contributed by atoms with Crippen LogP contribution in [0.3, 0.4) is 0 Å². The standard InChI is InChI=1S/C11H12N2OS3.H2/c1-15-11-13-10-8(17-11)5-7(16-10)9(14)12-6-3-2-4-6;/h5-6H,2-4H2,1H3,(H,12,14);1H. The van der Waals surface area contributed by atoms with E-state index in [2.05, 4.69) is 10.3 Å². The fourth-order valence-electron chi connectivity index (χ4n) is 1.72. The average Bonchev–Trinajstić information content (AvgIpc) is 2.79. The Morgan fingerprint density at radius 3 is 3.00 bits per heavy atom. The van der Waals surface area contributed by atoms with Gasteiger partial charge in [-0.3, -0.25) is 4.79 Å². The first kappa shape index (κ1) is 11.5. The minimum absolute atomic E-state index is 0. The van der Waals surface area contributed by atoms with Gasteiger partial charge in [-0.15, -0.1) is 22.7 Å². The normalized spacial score (nSPS) is 16.1. The van der Waals surface area contributed by atoms with Crippen LogP contribution in [0.4, 0.5) is 0 Å². The Morgan fingerprint density at radius 1 is 1.59 bits per heavy atom. The Kier molecular flexibility index (Phi) is 3.10. The van der Waals surface area contributed by atoms with Crippen molar-refractivity contribution in [2.45, 2.75) is 29.6 Å². The summed E-state index contributed by atoms with van der Waals surface area (Å²) in [7, 11) is 0. The van der Waals surface area contributed by atoms with Crippen molar-refractivity contribution >= 4 is 49.9 Å². The van der Waals surface area contributed by atoms with Gasteiger partial charge in [-0.05, 0) is 31.6 Å². The maximum atomic E-state index is 11.9. The third-order valence-corrected chi connectivity index (χ3v) is 6.05. The lowest BCUT2D eigenvalue weighted by molar-refractivity contribution is 0.0921. The van der Waals surface area contributed by atoms with Crippen LogP contribution in [0.25, 0.3) is 9.53 Å². The molecule has 1 aliphatic rings. The number of nitrogens with one attached hydrogen (secondary N) is 1. The van der Waals surface area contributed by atoms with Crippen LogP contribution in [0.15, 0.2) is 10.4 Å². The predicted octanol–water partition coefficient (Wildman–Crippen LogP) is 3.61. The van der Waals surface area contributed by atoms with Gasteiger partial charge in [-0.25, -0.2) is 4.98 Å². The maximum absolute atomic E-state index is 11.9. The van der Waals surface area contributed by atoms with Crippen LogP contribution in [0.5, 0.6) is 0 Å². The molecule has 1 N–H and O–H groups in total. The van der Waals surface area contributed by atoms with Gasteiger partial charge >= 0.3 is 0 Å². The van der Waals surface area contributed by atoms with Gasteiger partial charge < -0.3 is 5.32 Å². The molecule has 0 atom stereocenters. The Bertz CT molecular complexity index is 530. The van der Waals surface area contributed by atoms with Crippen LogP contribution in [-0.2, 0) is 0 Å². The Balaban J connectivity index is 0.00000120. The van der Waals surface area contributed by atoms with Crippen molar-refractivity contribution in [1.82, 2.24) is 10.3 Å². The summed E-state index contributed by atoms with van der Waals surface area (Å²) in [4.78, 5) is 18.2. The quantitative estimate of drug-likeness (QED) is 0.876. The van der Waals surface area contributed by atoms with Crippen LogP contribution in [0, 0.1) is 0 Å². The predicted molar refractivity (Wildman–Crippen MR) is 76.5 cm³/mol. The van der Waals surface area contributed by atoms with Crippen molar-refractivity contribution in [3.8, 4) is 0 Å². The summed E-state index contributed by atoms with van der Waals surface area (Å²) in [6, 6.07) is 2.36. The highest BCUT2D eigenvalue weighted by Gasteiger charge is 2.21. The molecule has 0 bridgehead atoms. The molecule has 2 heterocycles. The zero-order valence-corrected chi connectivity index (χ0v) is 11.8. The molecule has 3 nitrogen and oxygen atoms in total. The van der Waals surface area contributed by atoms with Crippen LogP contribution in [0.1, 0.15) is 30.4 Å². The summed E-state index contributed by atoms with van der Waals surface area (Å²) in [5.74, 6) is 0.0654. The van der Waals surface area contributed by atoms with Crippen LogP contribution in [-0.4, -0.2) is 23.2 Å². The number of hydrogen-bond donors (Lipinski definition) is 1. The first-order valence-corrected chi connectivity index (χ1v) is 8.37. The number of carbonyl (C=O) groups is 1. The van der Waals surface area contributed by atoms with Gasteiger partial charge in [0.1, 0.15) is 4.83 Å². The van der Waals surface area contributed by atoms with Crippen molar-refractivity contribution in [3.05, 3.63) is 10.9 Å². The molecule has 1 aliphatic carbocycles. The lowest BCUT2D eigenvalue weighted by atomic mass is 9.93. The molecule has 2 aromatic rings. The lowest BCUT2D eigenvalue weighted by Crippen LogP contribution is -2.39. The van der Waals surface area contributed by atoms with Crippen molar-refractivity contribution in [1.29, 1.82) is 0 Å². The van der Waals surface area contributed by atoms with Crippen molar-refractivity contribution in [2.75, 3.05) is 6.26 Å². The van der Waals surface area contributed by atoms with Gasteiger partial charge in [-0.2, -0.15) is 0 Å². The molecule has 1 amide bonds. The summed E-state index contributed by atoms with van der Waals surface area (Å²) in [6.45, 7) is 0. The monoisotopic (exact) mass is 286 g/mol. The first-order chi connectivity index (χ1) is 8.26. The highest BCUT2D eigenvalue weighted by atomic mass is 32.2. The number of rotatable bonds is 3. The van der Waals surface area contributed by atoms with Crippen LogP contribution in [0.2, 0.25) is 0 Å². The summed E-state index contributed by atoms with van der Waals surface area (Å²) in [5, 5.41) is 3.06. The number of hydrogen-bond acceptors (Lipinski definition) is 5. The summed E-state index contributed by atoms with van der Waals surface area (Å²) < 4.78 is 2.19. The van der Waals surface area contributed by atoms with Crippen molar-refractivity contribution < 1.29 is 6.22 Å². The van der Waals surface area contributed by atoms with Gasteiger partial charge in [0.05, 0.1) is 9.58 Å². The van der Waals surface area contributed by atoms with E-state index in [1.54, 1.807) is 23.1 Å². The lowest BCUT2D eigenvalue weighted by Gasteiger charge is -2.25. The second-order valence-electron chi connectivity index (χ2n) is 4.07. The Hall–Kier alpha value is -0.590. The SMILES string of the molecule is CSc1nc2sc(C(=O)NC3CCC3)cc2s1.[HH]. The van der Waals surface area contributed by atoms with Crippen LogP contribution >= 0.6 is 34.4 Å². The summed E-state index contributed by atoms with van der Waals surface area (Å²) in [6.07, 6.45) is 5.51. The second-order valence-corrected chi connectivity index (χ2v) is 7.18. The number of amides is 1.